The number of para-hydroxylation sites is 1. The first-order valence-electron chi connectivity index (χ1n) is 8.27. The lowest BCUT2D eigenvalue weighted by Crippen LogP contribution is -2.32. The van der Waals surface area contributed by atoms with Crippen LogP contribution in [0.4, 0.5) is 17.1 Å². The molecule has 1 saturated heterocycles. The maximum absolute atomic E-state index is 12.3. The number of amides is 2. The molecule has 25 heavy (non-hydrogen) atoms. The van der Waals surface area contributed by atoms with E-state index in [1.54, 1.807) is 24.0 Å². The lowest BCUT2D eigenvalue weighted by atomic mass is 10.2. The highest BCUT2D eigenvalue weighted by Crippen LogP contribution is 2.24. The van der Waals surface area contributed by atoms with E-state index in [4.69, 9.17) is 11.6 Å². The molecule has 0 saturated carbocycles. The third-order valence-corrected chi connectivity index (χ3v) is 4.49. The minimum atomic E-state index is -0.435. The van der Waals surface area contributed by atoms with Gasteiger partial charge in [0.25, 0.3) is 0 Å². The standard InChI is InChI=1S/C19H20ClN3O2/c1-13(19(25)22-17-6-3-2-5-16(17)20)21-14-8-10-15(11-9-14)23-12-4-7-18(23)24/h2-3,5-6,8-11,13,21H,4,7,12H2,1H3,(H,22,25). The number of rotatable bonds is 5. The van der Waals surface area contributed by atoms with Gasteiger partial charge in [-0.2, -0.15) is 0 Å². The van der Waals surface area contributed by atoms with Gasteiger partial charge in [0.1, 0.15) is 6.04 Å². The normalized spacial score (nSPS) is 15.1. The van der Waals surface area contributed by atoms with Crippen LogP contribution in [-0.4, -0.2) is 24.4 Å². The van der Waals surface area contributed by atoms with E-state index in [1.165, 1.54) is 0 Å². The van der Waals surface area contributed by atoms with Crippen LogP contribution >= 0.6 is 11.6 Å². The van der Waals surface area contributed by atoms with Crippen molar-refractivity contribution in [3.8, 4) is 0 Å². The van der Waals surface area contributed by atoms with Crippen molar-refractivity contribution in [2.24, 2.45) is 0 Å². The number of nitrogens with one attached hydrogen (secondary N) is 2. The van der Waals surface area contributed by atoms with E-state index in [0.717, 1.165) is 24.3 Å². The minimum absolute atomic E-state index is 0.160. The average molecular weight is 358 g/mol. The summed E-state index contributed by atoms with van der Waals surface area (Å²) < 4.78 is 0. The van der Waals surface area contributed by atoms with Gasteiger partial charge in [-0.05, 0) is 49.7 Å². The first-order chi connectivity index (χ1) is 12.0. The van der Waals surface area contributed by atoms with Gasteiger partial charge in [-0.25, -0.2) is 0 Å². The predicted molar refractivity (Wildman–Crippen MR) is 101 cm³/mol. The molecular weight excluding hydrogens is 338 g/mol. The van der Waals surface area contributed by atoms with Crippen molar-refractivity contribution in [3.63, 3.8) is 0 Å². The smallest absolute Gasteiger partial charge is 0.246 e. The lowest BCUT2D eigenvalue weighted by molar-refractivity contribution is -0.117. The number of benzene rings is 2. The quantitative estimate of drug-likeness (QED) is 0.853. The Bertz CT molecular complexity index is 776. The fourth-order valence-corrected chi connectivity index (χ4v) is 2.96. The van der Waals surface area contributed by atoms with Gasteiger partial charge in [0.05, 0.1) is 10.7 Å². The van der Waals surface area contributed by atoms with Gasteiger partial charge in [0, 0.05) is 24.3 Å². The summed E-state index contributed by atoms with van der Waals surface area (Å²) in [5.74, 6) is -0.0138. The maximum Gasteiger partial charge on any atom is 0.246 e. The first-order valence-corrected chi connectivity index (χ1v) is 8.65. The van der Waals surface area contributed by atoms with Crippen molar-refractivity contribution in [1.82, 2.24) is 0 Å². The van der Waals surface area contributed by atoms with Crippen molar-refractivity contribution in [2.45, 2.75) is 25.8 Å². The molecule has 2 amide bonds. The molecule has 130 valence electrons. The zero-order valence-corrected chi connectivity index (χ0v) is 14.7. The van der Waals surface area contributed by atoms with Crippen molar-refractivity contribution >= 4 is 40.5 Å². The van der Waals surface area contributed by atoms with Gasteiger partial charge in [-0.15, -0.1) is 0 Å². The Morgan fingerprint density at radius 3 is 2.52 bits per heavy atom. The van der Waals surface area contributed by atoms with Crippen LogP contribution in [0.25, 0.3) is 0 Å². The molecule has 2 aromatic carbocycles. The van der Waals surface area contributed by atoms with Crippen LogP contribution in [0.15, 0.2) is 48.5 Å². The zero-order valence-electron chi connectivity index (χ0n) is 14.0. The molecule has 1 aliphatic rings. The molecule has 1 unspecified atom stereocenters. The number of carbonyl (C=O) groups excluding carboxylic acids is 2. The van der Waals surface area contributed by atoms with E-state index in [2.05, 4.69) is 10.6 Å². The maximum atomic E-state index is 12.3. The number of hydrogen-bond acceptors (Lipinski definition) is 3. The second-order valence-corrected chi connectivity index (χ2v) is 6.44. The molecule has 0 spiro atoms. The van der Waals surface area contributed by atoms with Crippen molar-refractivity contribution in [1.29, 1.82) is 0 Å². The largest absolute Gasteiger partial charge is 0.374 e. The second kappa shape index (κ2) is 7.57. The predicted octanol–water partition coefficient (Wildman–Crippen LogP) is 3.91. The summed E-state index contributed by atoms with van der Waals surface area (Å²) in [5.41, 5.74) is 2.30. The third-order valence-electron chi connectivity index (χ3n) is 4.16. The molecule has 1 heterocycles. The second-order valence-electron chi connectivity index (χ2n) is 6.03. The van der Waals surface area contributed by atoms with Crippen LogP contribution in [0.1, 0.15) is 19.8 Å². The van der Waals surface area contributed by atoms with Crippen LogP contribution < -0.4 is 15.5 Å². The minimum Gasteiger partial charge on any atom is -0.374 e. The Morgan fingerprint density at radius 1 is 1.16 bits per heavy atom. The molecule has 0 aliphatic carbocycles. The highest BCUT2D eigenvalue weighted by Gasteiger charge is 2.21. The Morgan fingerprint density at radius 2 is 1.88 bits per heavy atom. The Hall–Kier alpha value is -2.53. The molecule has 0 bridgehead atoms. The molecule has 3 rings (SSSR count). The molecule has 0 aromatic heterocycles. The van der Waals surface area contributed by atoms with E-state index in [1.807, 2.05) is 36.4 Å². The van der Waals surface area contributed by atoms with E-state index in [0.29, 0.717) is 17.1 Å². The molecule has 2 aromatic rings. The summed E-state index contributed by atoms with van der Waals surface area (Å²) in [6, 6.07) is 14.2. The lowest BCUT2D eigenvalue weighted by Gasteiger charge is -2.18. The Balaban J connectivity index is 1.60. The SMILES string of the molecule is CC(Nc1ccc(N2CCCC2=O)cc1)C(=O)Nc1ccccc1Cl. The molecule has 1 atom stereocenters. The summed E-state index contributed by atoms with van der Waals surface area (Å²) in [6.07, 6.45) is 1.51. The van der Waals surface area contributed by atoms with Gasteiger partial charge < -0.3 is 15.5 Å². The molecule has 1 fully saturated rings. The number of nitrogens with zero attached hydrogens (tertiary/aromatic N) is 1. The van der Waals surface area contributed by atoms with E-state index < -0.39 is 6.04 Å². The van der Waals surface area contributed by atoms with Crippen LogP contribution in [-0.2, 0) is 9.59 Å². The fraction of sp³-hybridized carbons (Fsp3) is 0.263. The molecular formula is C19H20ClN3O2. The number of carbonyl (C=O) groups is 2. The molecule has 1 aliphatic heterocycles. The van der Waals surface area contributed by atoms with Crippen LogP contribution in [0.5, 0.6) is 0 Å². The van der Waals surface area contributed by atoms with E-state index in [-0.39, 0.29) is 11.8 Å². The van der Waals surface area contributed by atoms with Crippen molar-refractivity contribution in [2.75, 3.05) is 22.1 Å². The summed E-state index contributed by atoms with van der Waals surface area (Å²) in [4.78, 5) is 25.9. The summed E-state index contributed by atoms with van der Waals surface area (Å²) in [6.45, 7) is 2.55. The number of anilines is 3. The van der Waals surface area contributed by atoms with Crippen LogP contribution in [0, 0.1) is 0 Å². The van der Waals surface area contributed by atoms with Crippen LogP contribution in [0.3, 0.4) is 0 Å². The topological polar surface area (TPSA) is 61.4 Å². The molecule has 6 heteroatoms. The van der Waals surface area contributed by atoms with Gasteiger partial charge in [-0.3, -0.25) is 9.59 Å². The zero-order chi connectivity index (χ0) is 17.8. The van der Waals surface area contributed by atoms with E-state index in [9.17, 15) is 9.59 Å². The highest BCUT2D eigenvalue weighted by molar-refractivity contribution is 6.33. The molecule has 2 N–H and O–H groups in total. The molecule has 0 radical (unpaired) electrons. The van der Waals surface area contributed by atoms with Gasteiger partial charge in [-0.1, -0.05) is 23.7 Å². The van der Waals surface area contributed by atoms with Gasteiger partial charge in [0.15, 0.2) is 0 Å². The van der Waals surface area contributed by atoms with Crippen LogP contribution in [0.2, 0.25) is 5.02 Å². The van der Waals surface area contributed by atoms with Crippen molar-refractivity contribution in [3.05, 3.63) is 53.6 Å². The number of hydrogen-bond donors (Lipinski definition) is 2. The first kappa shape index (κ1) is 17.3. The summed E-state index contributed by atoms with van der Waals surface area (Å²) in [7, 11) is 0. The van der Waals surface area contributed by atoms with Gasteiger partial charge in [0.2, 0.25) is 11.8 Å². The Labute approximate surface area is 152 Å². The van der Waals surface area contributed by atoms with Gasteiger partial charge >= 0.3 is 0 Å². The summed E-state index contributed by atoms with van der Waals surface area (Å²) >= 11 is 6.06. The molecule has 5 nitrogen and oxygen atoms in total. The Kier molecular flexibility index (Phi) is 5.24. The highest BCUT2D eigenvalue weighted by atomic mass is 35.5. The monoisotopic (exact) mass is 357 g/mol. The third kappa shape index (κ3) is 4.12. The fourth-order valence-electron chi connectivity index (χ4n) is 2.78. The average Bonchev–Trinajstić information content (AvgIpc) is 3.03. The number of halogens is 1. The van der Waals surface area contributed by atoms with Crippen molar-refractivity contribution < 1.29 is 9.59 Å². The summed E-state index contributed by atoms with van der Waals surface area (Å²) in [5, 5.41) is 6.46. The van der Waals surface area contributed by atoms with E-state index >= 15 is 0 Å².